The summed E-state index contributed by atoms with van der Waals surface area (Å²) in [5, 5.41) is 21.5. The highest BCUT2D eigenvalue weighted by Crippen LogP contribution is 2.55. The number of nitrogens with two attached hydrogens (primary N) is 1. The van der Waals surface area contributed by atoms with E-state index in [9.17, 15) is 19.7 Å². The van der Waals surface area contributed by atoms with Gasteiger partial charge in [0.05, 0.1) is 25.9 Å². The molecule has 5 aliphatic heterocycles. The van der Waals surface area contributed by atoms with Crippen LogP contribution < -0.4 is 11.1 Å². The van der Waals surface area contributed by atoms with Crippen molar-refractivity contribution >= 4 is 78.1 Å². The maximum atomic E-state index is 16.0. The van der Waals surface area contributed by atoms with Gasteiger partial charge in [-0.1, -0.05) is 5.92 Å². The molecule has 0 spiro atoms. The van der Waals surface area contributed by atoms with Gasteiger partial charge < -0.3 is 39.1 Å². The van der Waals surface area contributed by atoms with E-state index in [0.29, 0.717) is 0 Å². The standard InChI is InChI=1S/C22H23FN10O10P2S2/c1-2-22-4-39-45(37,47)42-13-9(23)8(40-20(13)33-7-29-11-17(33)30-21(25)31-18(11)35)3-38-44(36,46)43-14(22)12(34)19(41-22)32-6-28-10-15(24)26-5-27-16(10)32/h1,5-9,11-14,19-20,34H,3-4H2,(H,36,46)(H,37,47)(H2,24,26,27)(H2,25,31,35)/t8-,9+,11?,12-,13-,14+,19-,20-,22-,44?,45?/m1/s1. The summed E-state index contributed by atoms with van der Waals surface area (Å²) in [4.78, 5) is 56.0. The molecule has 7 rings (SSSR count). The molecular formula is C22H23FN10O10P2S2. The number of terminal acetylenes is 1. The van der Waals surface area contributed by atoms with Crippen molar-refractivity contribution in [2.24, 2.45) is 9.98 Å². The Bertz CT molecular complexity index is 1880. The number of hydrogen-bond acceptors (Lipinski definition) is 17. The fraction of sp³-hybridized carbons (Fsp3) is 0.500. The average molecular weight is 733 g/mol. The molecule has 0 saturated carbocycles. The third-order valence-corrected chi connectivity index (χ3v) is 10.8. The van der Waals surface area contributed by atoms with Gasteiger partial charge in [0.2, 0.25) is 5.96 Å². The lowest BCUT2D eigenvalue weighted by Crippen LogP contribution is -2.53. The molecule has 25 heteroatoms. The Hall–Kier alpha value is -2.94. The molecule has 2 aromatic rings. The van der Waals surface area contributed by atoms with Crippen LogP contribution in [0.1, 0.15) is 6.23 Å². The lowest BCUT2D eigenvalue weighted by molar-refractivity contribution is -0.119. The zero-order chi connectivity index (χ0) is 33.5. The van der Waals surface area contributed by atoms with Gasteiger partial charge in [-0.2, -0.15) is 4.99 Å². The summed E-state index contributed by atoms with van der Waals surface area (Å²) in [5.41, 5.74) is 4.10. The van der Waals surface area contributed by atoms with E-state index in [1.165, 1.54) is 10.9 Å². The van der Waals surface area contributed by atoms with E-state index in [1.807, 2.05) is 0 Å². The fourth-order valence-electron chi connectivity index (χ4n) is 5.58. The van der Waals surface area contributed by atoms with Gasteiger partial charge in [0.1, 0.15) is 36.3 Å². The number of aliphatic imine (C=N–C) groups is 2. The van der Waals surface area contributed by atoms with Crippen LogP contribution in [0.25, 0.3) is 11.2 Å². The Morgan fingerprint density at radius 1 is 1.21 bits per heavy atom. The van der Waals surface area contributed by atoms with Crippen molar-refractivity contribution in [3.63, 3.8) is 0 Å². The summed E-state index contributed by atoms with van der Waals surface area (Å²) in [6, 6.07) is -1.17. The monoisotopic (exact) mass is 732 g/mol. The molecule has 20 nitrogen and oxygen atoms in total. The number of nitrogens with one attached hydrogen (secondary N) is 2. The number of imidazole rings is 1. The Kier molecular flexibility index (Phi) is 8.04. The van der Waals surface area contributed by atoms with Crippen molar-refractivity contribution in [2.75, 3.05) is 18.9 Å². The van der Waals surface area contributed by atoms with Crippen molar-refractivity contribution in [2.45, 2.75) is 54.7 Å². The van der Waals surface area contributed by atoms with E-state index >= 15 is 4.39 Å². The maximum Gasteiger partial charge on any atom is 0.325 e. The highest BCUT2D eigenvalue weighted by atomic mass is 32.5. The molecular weight excluding hydrogens is 709 g/mol. The molecule has 250 valence electrons. The number of halogens is 1. The molecule has 0 aliphatic carbocycles. The van der Waals surface area contributed by atoms with E-state index in [2.05, 4.69) is 36.2 Å². The minimum absolute atomic E-state index is 0.0431. The van der Waals surface area contributed by atoms with Gasteiger partial charge in [-0.15, -0.1) is 6.42 Å². The summed E-state index contributed by atoms with van der Waals surface area (Å²) in [5.74, 6) is 1.14. The number of aromatic nitrogens is 4. The van der Waals surface area contributed by atoms with Crippen LogP contribution in [-0.4, -0.2) is 125 Å². The van der Waals surface area contributed by atoms with Gasteiger partial charge in [-0.3, -0.25) is 39.0 Å². The van der Waals surface area contributed by atoms with Gasteiger partial charge >= 0.3 is 13.4 Å². The van der Waals surface area contributed by atoms with Crippen molar-refractivity contribution in [1.82, 2.24) is 29.7 Å². The number of anilines is 1. The third kappa shape index (κ3) is 5.58. The lowest BCUT2D eigenvalue weighted by Gasteiger charge is -2.34. The summed E-state index contributed by atoms with van der Waals surface area (Å²) < 4.78 is 51.6. The molecule has 11 atom stereocenters. The Balaban J connectivity index is 1.22. The number of ether oxygens (including phenoxy) is 2. The number of nitrogens with zero attached hydrogens (tertiary/aromatic N) is 7. The first-order chi connectivity index (χ1) is 22.2. The van der Waals surface area contributed by atoms with Crippen molar-refractivity contribution in [3.8, 4) is 12.3 Å². The number of carbonyl (C=O) groups excluding carboxylic acids is 1. The predicted octanol–water partition coefficient (Wildman–Crippen LogP) is -1.84. The summed E-state index contributed by atoms with van der Waals surface area (Å²) in [6.07, 6.45) is -2.18. The van der Waals surface area contributed by atoms with E-state index in [1.54, 1.807) is 0 Å². The van der Waals surface area contributed by atoms with Crippen LogP contribution in [0.2, 0.25) is 0 Å². The molecule has 3 saturated heterocycles. The first-order valence-corrected chi connectivity index (χ1v) is 18.6. The smallest absolute Gasteiger partial charge is 0.325 e. The van der Waals surface area contributed by atoms with Gasteiger partial charge in [-0.05, 0) is 23.6 Å². The second-order valence-electron chi connectivity index (χ2n) is 10.6. The summed E-state index contributed by atoms with van der Waals surface area (Å²) in [7, 11) is 0. The highest BCUT2D eigenvalue weighted by molar-refractivity contribution is 8.07. The molecule has 7 N–H and O–H groups in total. The van der Waals surface area contributed by atoms with Gasteiger partial charge in [0.25, 0.3) is 5.91 Å². The highest BCUT2D eigenvalue weighted by Gasteiger charge is 2.60. The van der Waals surface area contributed by atoms with Crippen LogP contribution >= 0.6 is 13.4 Å². The van der Waals surface area contributed by atoms with E-state index in [-0.39, 0.29) is 22.8 Å². The largest absolute Gasteiger partial charge is 0.385 e. The third-order valence-electron chi connectivity index (χ3n) is 7.75. The molecule has 1 amide bonds. The molecule has 5 aliphatic rings. The number of carbonyl (C=O) groups is 1. The number of aliphatic hydroxyl groups excluding tert-OH is 1. The van der Waals surface area contributed by atoms with E-state index in [0.717, 1.165) is 17.6 Å². The van der Waals surface area contributed by atoms with E-state index in [4.69, 9.17) is 68.7 Å². The quantitative estimate of drug-likeness (QED) is 0.146. The maximum absolute atomic E-state index is 16.0. The van der Waals surface area contributed by atoms with Gasteiger partial charge in [0, 0.05) is 0 Å². The van der Waals surface area contributed by atoms with Crippen molar-refractivity contribution < 1.29 is 51.6 Å². The Morgan fingerprint density at radius 3 is 2.74 bits per heavy atom. The molecule has 2 bridgehead atoms. The van der Waals surface area contributed by atoms with E-state index < -0.39 is 93.2 Å². The number of aliphatic hydroxyl groups is 1. The number of amidine groups is 1. The first-order valence-electron chi connectivity index (χ1n) is 13.4. The minimum atomic E-state index is -4.47. The SMILES string of the molecule is C#C[C@@]12COP(O)(=S)O[C@@H]3[C@@H](F)[C@@H](COP(O)(=S)O[C@H]1[C@@H](O)[C@H](n1cnc4c(N)ncnc41)O2)O[C@H]3N1C=NC2C(=O)NC(=N)N=C21. The first kappa shape index (κ1) is 32.6. The van der Waals surface area contributed by atoms with Crippen molar-refractivity contribution in [1.29, 1.82) is 5.41 Å². The van der Waals surface area contributed by atoms with Crippen LogP contribution in [0.15, 0.2) is 22.6 Å². The van der Waals surface area contributed by atoms with Crippen molar-refractivity contribution in [3.05, 3.63) is 12.7 Å². The Morgan fingerprint density at radius 2 is 1.98 bits per heavy atom. The number of amides is 1. The molecule has 3 fully saturated rings. The normalized spacial score (nSPS) is 42.1. The van der Waals surface area contributed by atoms with Crippen LogP contribution in [0.3, 0.4) is 0 Å². The molecule has 2 aromatic heterocycles. The molecule has 7 heterocycles. The van der Waals surface area contributed by atoms with Gasteiger partial charge in [0.15, 0.2) is 47.6 Å². The lowest BCUT2D eigenvalue weighted by atomic mass is 9.97. The predicted molar refractivity (Wildman–Crippen MR) is 163 cm³/mol. The number of guanidine groups is 1. The second kappa shape index (κ2) is 11.6. The van der Waals surface area contributed by atoms with Crippen LogP contribution in [0, 0.1) is 17.8 Å². The number of rotatable bonds is 2. The number of nitrogen functional groups attached to an aromatic ring is 1. The van der Waals surface area contributed by atoms with Crippen LogP contribution in [-0.2, 0) is 56.0 Å². The fourth-order valence-corrected chi connectivity index (χ4v) is 8.42. The molecule has 0 aromatic carbocycles. The zero-order valence-electron chi connectivity index (χ0n) is 23.3. The Labute approximate surface area is 273 Å². The number of alkyl halides is 1. The minimum Gasteiger partial charge on any atom is -0.385 e. The summed E-state index contributed by atoms with van der Waals surface area (Å²) >= 11 is 10.4. The average Bonchev–Trinajstić information content (AvgIpc) is 3.76. The zero-order valence-corrected chi connectivity index (χ0v) is 26.8. The number of hydrogen-bond donors (Lipinski definition) is 6. The molecule has 3 unspecified atom stereocenters. The number of fused-ring (bicyclic) bond motifs is 5. The molecule has 47 heavy (non-hydrogen) atoms. The van der Waals surface area contributed by atoms with Crippen LogP contribution in [0.4, 0.5) is 10.2 Å². The summed E-state index contributed by atoms with van der Waals surface area (Å²) in [6.45, 7) is -10.4. The van der Waals surface area contributed by atoms with Crippen LogP contribution in [0.5, 0.6) is 0 Å². The molecule has 0 radical (unpaired) electrons. The second-order valence-corrected chi connectivity index (χ2v) is 16.2. The topological polar surface area (TPSA) is 267 Å². The van der Waals surface area contributed by atoms with Gasteiger partial charge in [-0.25, -0.2) is 19.3 Å².